The van der Waals surface area contributed by atoms with Crippen LogP contribution < -0.4 is 27.8 Å². The molecule has 130 valence electrons. The predicted octanol–water partition coefficient (Wildman–Crippen LogP) is -3.95. The first-order valence-corrected chi connectivity index (χ1v) is 6.98. The van der Waals surface area contributed by atoms with Gasteiger partial charge in [-0.2, -0.15) is 12.6 Å². The zero-order valence-electron chi connectivity index (χ0n) is 12.0. The first-order valence-electron chi connectivity index (χ1n) is 6.35. The molecular weight excluding hydrogens is 330 g/mol. The molecule has 0 aromatic rings. The van der Waals surface area contributed by atoms with Crippen molar-refractivity contribution in [2.24, 2.45) is 17.2 Å². The van der Waals surface area contributed by atoms with Crippen molar-refractivity contribution < 1.29 is 29.1 Å². The van der Waals surface area contributed by atoms with E-state index in [1.54, 1.807) is 0 Å². The Bertz CT molecular complexity index is 499. The average molecular weight is 349 g/mol. The third-order valence-corrected chi connectivity index (χ3v) is 2.96. The van der Waals surface area contributed by atoms with Gasteiger partial charge in [-0.05, 0) is 0 Å². The highest BCUT2D eigenvalue weighted by molar-refractivity contribution is 7.80. The lowest BCUT2D eigenvalue weighted by atomic mass is 10.1. The van der Waals surface area contributed by atoms with Gasteiger partial charge in [-0.25, -0.2) is 4.79 Å². The number of carbonyl (C=O) groups excluding carboxylic acids is 4. The van der Waals surface area contributed by atoms with E-state index in [9.17, 15) is 24.0 Å². The molecule has 0 aromatic heterocycles. The third-order valence-electron chi connectivity index (χ3n) is 2.59. The Labute approximate surface area is 136 Å². The van der Waals surface area contributed by atoms with Crippen molar-refractivity contribution in [1.82, 2.24) is 10.6 Å². The fourth-order valence-corrected chi connectivity index (χ4v) is 1.71. The number of aliphatic carboxylic acids is 1. The smallest absolute Gasteiger partial charge is 0.326 e. The molecule has 0 aliphatic rings. The number of thiol groups is 1. The standard InChI is InChI=1S/C11H19N5O6S/c12-4(1-7(13)17)9(19)16-6(3-23)10(20)15-5(11(21)22)2-8(14)18/h4-6,23H,1-3,12H2,(H2,13,17)(H2,14,18)(H,15,20)(H,16,19)(H,21,22)/t4-,5-,6-/m0/s1. The summed E-state index contributed by atoms with van der Waals surface area (Å²) in [5.41, 5.74) is 15.2. The molecule has 0 saturated carbocycles. The van der Waals surface area contributed by atoms with Crippen LogP contribution in [0.5, 0.6) is 0 Å². The zero-order chi connectivity index (χ0) is 18.2. The van der Waals surface area contributed by atoms with E-state index in [1.807, 2.05) is 5.32 Å². The maximum atomic E-state index is 11.9. The number of carboxylic acids is 1. The summed E-state index contributed by atoms with van der Waals surface area (Å²) < 4.78 is 0. The first kappa shape index (κ1) is 20.7. The summed E-state index contributed by atoms with van der Waals surface area (Å²) in [5.74, 6) is -5.09. The van der Waals surface area contributed by atoms with E-state index in [0.717, 1.165) is 0 Å². The summed E-state index contributed by atoms with van der Waals surface area (Å²) >= 11 is 3.86. The number of primary amides is 2. The topological polar surface area (TPSA) is 208 Å². The van der Waals surface area contributed by atoms with Crippen LogP contribution in [0.4, 0.5) is 0 Å². The van der Waals surface area contributed by atoms with Crippen molar-refractivity contribution in [2.45, 2.75) is 31.0 Å². The van der Waals surface area contributed by atoms with Gasteiger partial charge in [0.1, 0.15) is 12.1 Å². The quantitative estimate of drug-likeness (QED) is 0.194. The number of hydrogen-bond acceptors (Lipinski definition) is 7. The number of hydrogen-bond donors (Lipinski definition) is 7. The van der Waals surface area contributed by atoms with Gasteiger partial charge in [0, 0.05) is 5.75 Å². The van der Waals surface area contributed by atoms with E-state index in [1.165, 1.54) is 0 Å². The first-order chi connectivity index (χ1) is 10.6. The maximum Gasteiger partial charge on any atom is 0.326 e. The van der Waals surface area contributed by atoms with E-state index >= 15 is 0 Å². The number of nitrogens with two attached hydrogens (primary N) is 3. The molecule has 9 N–H and O–H groups in total. The van der Waals surface area contributed by atoms with Gasteiger partial charge in [0.2, 0.25) is 23.6 Å². The van der Waals surface area contributed by atoms with Crippen molar-refractivity contribution in [1.29, 1.82) is 0 Å². The monoisotopic (exact) mass is 349 g/mol. The Morgan fingerprint density at radius 2 is 1.39 bits per heavy atom. The molecule has 11 nitrogen and oxygen atoms in total. The van der Waals surface area contributed by atoms with Gasteiger partial charge in [-0.15, -0.1) is 0 Å². The van der Waals surface area contributed by atoms with E-state index in [-0.39, 0.29) is 5.75 Å². The summed E-state index contributed by atoms with van der Waals surface area (Å²) in [6.07, 6.45) is -1.04. The summed E-state index contributed by atoms with van der Waals surface area (Å²) in [6.45, 7) is 0. The van der Waals surface area contributed by atoms with Crippen LogP contribution in [0.25, 0.3) is 0 Å². The van der Waals surface area contributed by atoms with Crippen LogP contribution in [0.15, 0.2) is 0 Å². The summed E-state index contributed by atoms with van der Waals surface area (Å²) in [6, 6.07) is -4.03. The number of carboxylic acid groups (broad SMARTS) is 1. The van der Waals surface area contributed by atoms with Gasteiger partial charge in [0.15, 0.2) is 0 Å². The van der Waals surface area contributed by atoms with Gasteiger partial charge in [-0.3, -0.25) is 19.2 Å². The molecule has 0 radical (unpaired) electrons. The molecule has 3 atom stereocenters. The molecule has 0 saturated heterocycles. The highest BCUT2D eigenvalue weighted by Crippen LogP contribution is 1.97. The minimum Gasteiger partial charge on any atom is -0.480 e. The van der Waals surface area contributed by atoms with Crippen LogP contribution in [0.1, 0.15) is 12.8 Å². The second-order valence-electron chi connectivity index (χ2n) is 4.59. The molecule has 4 amide bonds. The Morgan fingerprint density at radius 1 is 0.913 bits per heavy atom. The Hall–Kier alpha value is -2.34. The van der Waals surface area contributed by atoms with Gasteiger partial charge in [-0.1, -0.05) is 0 Å². The molecule has 0 heterocycles. The second-order valence-corrected chi connectivity index (χ2v) is 4.96. The summed E-state index contributed by atoms with van der Waals surface area (Å²) in [5, 5.41) is 13.1. The van der Waals surface area contributed by atoms with Gasteiger partial charge in [0.05, 0.1) is 18.9 Å². The van der Waals surface area contributed by atoms with E-state index < -0.39 is 60.6 Å². The molecule has 0 fully saturated rings. The van der Waals surface area contributed by atoms with Crippen molar-refractivity contribution in [3.05, 3.63) is 0 Å². The normalized spacial score (nSPS) is 14.2. The van der Waals surface area contributed by atoms with Crippen LogP contribution in [-0.4, -0.2) is 58.6 Å². The van der Waals surface area contributed by atoms with Gasteiger partial charge in [0.25, 0.3) is 0 Å². The van der Waals surface area contributed by atoms with E-state index in [0.29, 0.717) is 0 Å². The van der Waals surface area contributed by atoms with Crippen molar-refractivity contribution in [3.8, 4) is 0 Å². The van der Waals surface area contributed by atoms with Crippen LogP contribution in [0.3, 0.4) is 0 Å². The Balaban J connectivity index is 4.78. The zero-order valence-corrected chi connectivity index (χ0v) is 12.9. The Kier molecular flexibility index (Phi) is 8.65. The molecule has 0 aliphatic carbocycles. The maximum absolute atomic E-state index is 11.9. The number of rotatable bonds is 10. The summed E-state index contributed by atoms with van der Waals surface area (Å²) in [7, 11) is 0. The lowest BCUT2D eigenvalue weighted by Crippen LogP contribution is -2.56. The molecule has 0 rings (SSSR count). The van der Waals surface area contributed by atoms with Crippen LogP contribution in [0.2, 0.25) is 0 Å². The second kappa shape index (κ2) is 9.63. The lowest BCUT2D eigenvalue weighted by Gasteiger charge is -2.21. The lowest BCUT2D eigenvalue weighted by molar-refractivity contribution is -0.143. The Morgan fingerprint density at radius 3 is 1.78 bits per heavy atom. The van der Waals surface area contributed by atoms with E-state index in [2.05, 4.69) is 17.9 Å². The minimum absolute atomic E-state index is 0.177. The minimum atomic E-state index is -1.54. The average Bonchev–Trinajstić information content (AvgIpc) is 2.41. The highest BCUT2D eigenvalue weighted by atomic mass is 32.1. The molecule has 12 heteroatoms. The molecule has 0 bridgehead atoms. The van der Waals surface area contributed by atoms with Crippen LogP contribution in [-0.2, 0) is 24.0 Å². The molecule has 0 aromatic carbocycles. The molecule has 0 spiro atoms. The predicted molar refractivity (Wildman–Crippen MR) is 80.9 cm³/mol. The van der Waals surface area contributed by atoms with Gasteiger partial charge >= 0.3 is 5.97 Å². The number of amides is 4. The SMILES string of the molecule is NC(=O)C[C@H](NC(=O)[C@H](CS)NC(=O)[C@@H](N)CC(N)=O)C(=O)O. The largest absolute Gasteiger partial charge is 0.480 e. The van der Waals surface area contributed by atoms with Crippen LogP contribution in [0, 0.1) is 0 Å². The molecular formula is C11H19N5O6S. The summed E-state index contributed by atoms with van der Waals surface area (Å²) in [4.78, 5) is 56.0. The number of nitrogens with one attached hydrogen (secondary N) is 2. The third kappa shape index (κ3) is 8.01. The van der Waals surface area contributed by atoms with Crippen molar-refractivity contribution in [3.63, 3.8) is 0 Å². The van der Waals surface area contributed by atoms with Gasteiger partial charge < -0.3 is 32.9 Å². The molecule has 23 heavy (non-hydrogen) atoms. The highest BCUT2D eigenvalue weighted by Gasteiger charge is 2.28. The van der Waals surface area contributed by atoms with Crippen molar-refractivity contribution in [2.75, 3.05) is 5.75 Å². The van der Waals surface area contributed by atoms with Crippen molar-refractivity contribution >= 4 is 42.2 Å². The fraction of sp³-hybridized carbons (Fsp3) is 0.545. The molecule has 0 unspecified atom stereocenters. The van der Waals surface area contributed by atoms with E-state index in [4.69, 9.17) is 22.3 Å². The molecule has 0 aliphatic heterocycles. The fourth-order valence-electron chi connectivity index (χ4n) is 1.46. The van der Waals surface area contributed by atoms with Crippen LogP contribution >= 0.6 is 12.6 Å². The number of carbonyl (C=O) groups is 5.